The highest BCUT2D eigenvalue weighted by atomic mass is 16.5. The third-order valence-electron chi connectivity index (χ3n) is 5.65. The highest BCUT2D eigenvalue weighted by molar-refractivity contribution is 6.27. The van der Waals surface area contributed by atoms with E-state index >= 15 is 0 Å². The Balaban J connectivity index is 0.000000569. The average molecular weight is 461 g/mol. The SMILES string of the molecule is COc1ccc(CN2CCN(c3cccc(C)c3C)CC2)c(OC)c1OC.O=C(O)C(=O)O. The second kappa shape index (κ2) is 12.0. The van der Waals surface area contributed by atoms with E-state index in [1.54, 1.807) is 21.3 Å². The van der Waals surface area contributed by atoms with Crippen molar-refractivity contribution in [2.75, 3.05) is 52.4 Å². The van der Waals surface area contributed by atoms with E-state index in [1.165, 1.54) is 16.8 Å². The number of hydrogen-bond donors (Lipinski definition) is 2. The summed E-state index contributed by atoms with van der Waals surface area (Å²) in [5, 5.41) is 14.8. The fourth-order valence-electron chi connectivity index (χ4n) is 3.75. The maximum Gasteiger partial charge on any atom is 0.414 e. The zero-order chi connectivity index (χ0) is 24.5. The van der Waals surface area contributed by atoms with Crippen LogP contribution in [0.1, 0.15) is 16.7 Å². The molecule has 1 heterocycles. The van der Waals surface area contributed by atoms with Crippen LogP contribution in [0.2, 0.25) is 0 Å². The summed E-state index contributed by atoms with van der Waals surface area (Å²) >= 11 is 0. The Morgan fingerprint density at radius 3 is 1.97 bits per heavy atom. The molecule has 0 radical (unpaired) electrons. The maximum atomic E-state index is 9.10. The van der Waals surface area contributed by atoms with Crippen LogP contribution in [0.4, 0.5) is 5.69 Å². The summed E-state index contributed by atoms with van der Waals surface area (Å²) < 4.78 is 16.5. The number of carboxylic acid groups (broad SMARTS) is 2. The molecule has 9 heteroatoms. The van der Waals surface area contributed by atoms with E-state index in [1.807, 2.05) is 6.07 Å². The van der Waals surface area contributed by atoms with Gasteiger partial charge in [-0.25, -0.2) is 9.59 Å². The third-order valence-corrected chi connectivity index (χ3v) is 5.65. The molecule has 2 aromatic carbocycles. The van der Waals surface area contributed by atoms with Gasteiger partial charge >= 0.3 is 11.9 Å². The minimum absolute atomic E-state index is 0.659. The topological polar surface area (TPSA) is 109 Å². The van der Waals surface area contributed by atoms with Gasteiger partial charge in [0.05, 0.1) is 21.3 Å². The lowest BCUT2D eigenvalue weighted by Gasteiger charge is -2.37. The van der Waals surface area contributed by atoms with Crippen LogP contribution in [0.15, 0.2) is 30.3 Å². The van der Waals surface area contributed by atoms with Crippen LogP contribution < -0.4 is 19.1 Å². The van der Waals surface area contributed by atoms with Crippen molar-refractivity contribution < 1.29 is 34.0 Å². The summed E-state index contributed by atoms with van der Waals surface area (Å²) in [7, 11) is 4.97. The number of carbonyl (C=O) groups is 2. The standard InChI is InChI=1S/C22H30N2O3.C2H2O4/c1-16-7-6-8-19(17(16)2)24-13-11-23(12-14-24)15-18-9-10-20(25-3)22(27-5)21(18)26-4;3-1(4)2(5)6/h6-10H,11-15H2,1-5H3;(H,3,4)(H,5,6). The normalized spacial score (nSPS) is 13.5. The van der Waals surface area contributed by atoms with Crippen LogP contribution in [0.5, 0.6) is 17.2 Å². The van der Waals surface area contributed by atoms with Crippen molar-refractivity contribution in [3.63, 3.8) is 0 Å². The van der Waals surface area contributed by atoms with Gasteiger partial charge in [0, 0.05) is 44.0 Å². The number of rotatable bonds is 6. The molecule has 0 aliphatic carbocycles. The summed E-state index contributed by atoms with van der Waals surface area (Å²) in [5.41, 5.74) is 5.21. The van der Waals surface area contributed by atoms with Crippen molar-refractivity contribution in [3.05, 3.63) is 47.0 Å². The molecule has 0 bridgehead atoms. The highest BCUT2D eigenvalue weighted by Gasteiger charge is 2.22. The van der Waals surface area contributed by atoms with Gasteiger partial charge in [-0.2, -0.15) is 0 Å². The molecule has 9 nitrogen and oxygen atoms in total. The van der Waals surface area contributed by atoms with Gasteiger partial charge in [0.1, 0.15) is 0 Å². The van der Waals surface area contributed by atoms with E-state index in [9.17, 15) is 0 Å². The molecule has 0 spiro atoms. The van der Waals surface area contributed by atoms with Gasteiger partial charge in [0.25, 0.3) is 0 Å². The third kappa shape index (κ3) is 6.52. The Bertz CT molecular complexity index is 958. The fraction of sp³-hybridized carbons (Fsp3) is 0.417. The summed E-state index contributed by atoms with van der Waals surface area (Å²) in [6, 6.07) is 10.6. The lowest BCUT2D eigenvalue weighted by atomic mass is 10.1. The van der Waals surface area contributed by atoms with Crippen LogP contribution in [0.3, 0.4) is 0 Å². The van der Waals surface area contributed by atoms with Gasteiger partial charge in [0.15, 0.2) is 11.5 Å². The van der Waals surface area contributed by atoms with Crippen LogP contribution >= 0.6 is 0 Å². The van der Waals surface area contributed by atoms with E-state index in [0.717, 1.165) is 44.0 Å². The number of aryl methyl sites for hydroxylation is 1. The monoisotopic (exact) mass is 460 g/mol. The smallest absolute Gasteiger partial charge is 0.414 e. The van der Waals surface area contributed by atoms with Crippen molar-refractivity contribution in [1.82, 2.24) is 4.90 Å². The predicted octanol–water partition coefficient (Wildman–Crippen LogP) is 2.81. The minimum Gasteiger partial charge on any atom is -0.493 e. The molecule has 33 heavy (non-hydrogen) atoms. The van der Waals surface area contributed by atoms with Gasteiger partial charge in [0.2, 0.25) is 5.75 Å². The molecule has 0 atom stereocenters. The number of methoxy groups -OCH3 is 3. The number of carboxylic acids is 2. The van der Waals surface area contributed by atoms with Crippen LogP contribution in [-0.4, -0.2) is 74.6 Å². The molecule has 0 amide bonds. The first-order valence-corrected chi connectivity index (χ1v) is 10.5. The number of hydrogen-bond acceptors (Lipinski definition) is 7. The minimum atomic E-state index is -1.82. The highest BCUT2D eigenvalue weighted by Crippen LogP contribution is 2.40. The molecule has 1 aliphatic rings. The Morgan fingerprint density at radius 1 is 0.848 bits per heavy atom. The second-order valence-corrected chi connectivity index (χ2v) is 7.59. The largest absolute Gasteiger partial charge is 0.493 e. The van der Waals surface area contributed by atoms with E-state index < -0.39 is 11.9 Å². The van der Waals surface area contributed by atoms with Gasteiger partial charge in [-0.15, -0.1) is 0 Å². The van der Waals surface area contributed by atoms with E-state index in [4.69, 9.17) is 34.0 Å². The maximum absolute atomic E-state index is 9.10. The van der Waals surface area contributed by atoms with Crippen molar-refractivity contribution in [3.8, 4) is 17.2 Å². The van der Waals surface area contributed by atoms with E-state index in [2.05, 4.69) is 47.9 Å². The molecule has 2 aromatic rings. The van der Waals surface area contributed by atoms with Gasteiger partial charge in [-0.05, 0) is 37.1 Å². The fourth-order valence-corrected chi connectivity index (χ4v) is 3.75. The zero-order valence-electron chi connectivity index (χ0n) is 19.8. The first-order chi connectivity index (χ1) is 15.7. The molecule has 1 aliphatic heterocycles. The first kappa shape index (κ1) is 25.8. The van der Waals surface area contributed by atoms with Crippen molar-refractivity contribution in [2.24, 2.45) is 0 Å². The number of anilines is 1. The Morgan fingerprint density at radius 2 is 1.45 bits per heavy atom. The zero-order valence-corrected chi connectivity index (χ0v) is 19.8. The molecule has 0 aromatic heterocycles. The summed E-state index contributed by atoms with van der Waals surface area (Å²) in [4.78, 5) is 23.2. The first-order valence-electron chi connectivity index (χ1n) is 10.5. The molecule has 3 rings (SSSR count). The van der Waals surface area contributed by atoms with Gasteiger partial charge in [-0.1, -0.05) is 18.2 Å². The van der Waals surface area contributed by atoms with E-state index in [0.29, 0.717) is 11.5 Å². The molecular formula is C24H32N2O7. The van der Waals surface area contributed by atoms with Crippen molar-refractivity contribution in [2.45, 2.75) is 20.4 Å². The summed E-state index contributed by atoms with van der Waals surface area (Å²) in [6.07, 6.45) is 0. The average Bonchev–Trinajstić information content (AvgIpc) is 2.81. The molecule has 1 saturated heterocycles. The molecule has 0 saturated carbocycles. The van der Waals surface area contributed by atoms with Gasteiger partial charge < -0.3 is 29.3 Å². The number of benzene rings is 2. The van der Waals surface area contributed by atoms with Crippen LogP contribution in [-0.2, 0) is 16.1 Å². The quantitative estimate of drug-likeness (QED) is 0.629. The van der Waals surface area contributed by atoms with Crippen molar-refractivity contribution in [1.29, 1.82) is 0 Å². The molecule has 180 valence electrons. The molecule has 1 fully saturated rings. The summed E-state index contributed by atoms with van der Waals surface area (Å²) in [5.74, 6) is -1.54. The summed E-state index contributed by atoms with van der Waals surface area (Å²) in [6.45, 7) is 9.32. The van der Waals surface area contributed by atoms with Crippen LogP contribution in [0, 0.1) is 13.8 Å². The number of aliphatic carboxylic acids is 2. The second-order valence-electron chi connectivity index (χ2n) is 7.59. The Hall–Kier alpha value is -3.46. The lowest BCUT2D eigenvalue weighted by molar-refractivity contribution is -0.159. The van der Waals surface area contributed by atoms with Crippen LogP contribution in [0.25, 0.3) is 0 Å². The molecular weight excluding hydrogens is 428 g/mol. The number of ether oxygens (including phenoxy) is 3. The Kier molecular flexibility index (Phi) is 9.35. The van der Waals surface area contributed by atoms with Gasteiger partial charge in [-0.3, -0.25) is 4.90 Å². The number of nitrogens with zero attached hydrogens (tertiary/aromatic N) is 2. The van der Waals surface area contributed by atoms with Crippen molar-refractivity contribution >= 4 is 17.6 Å². The lowest BCUT2D eigenvalue weighted by Crippen LogP contribution is -2.46. The number of piperazine rings is 1. The predicted molar refractivity (Wildman–Crippen MR) is 125 cm³/mol. The Labute approximate surface area is 194 Å². The molecule has 2 N–H and O–H groups in total. The van der Waals surface area contributed by atoms with E-state index in [-0.39, 0.29) is 0 Å². The molecule has 0 unspecified atom stereocenters.